The minimum atomic E-state index is -3.41. The summed E-state index contributed by atoms with van der Waals surface area (Å²) in [6, 6.07) is 12.6. The van der Waals surface area contributed by atoms with Crippen molar-refractivity contribution in [3.63, 3.8) is 0 Å². The number of aliphatic hydroxyl groups is 1. The Bertz CT molecular complexity index is 1120. The van der Waals surface area contributed by atoms with Gasteiger partial charge < -0.3 is 9.84 Å². The number of hydrogen-bond donors (Lipinski definition) is 1. The minimum absolute atomic E-state index is 0.124. The van der Waals surface area contributed by atoms with E-state index in [9.17, 15) is 22.7 Å². The molecule has 1 atom stereocenters. The van der Waals surface area contributed by atoms with E-state index in [-0.39, 0.29) is 21.8 Å². The third-order valence-electron chi connectivity index (χ3n) is 4.01. The van der Waals surface area contributed by atoms with E-state index in [0.717, 1.165) is 6.26 Å². The Balaban J connectivity index is 2.25. The van der Waals surface area contributed by atoms with Crippen LogP contribution in [0.15, 0.2) is 59.5 Å². The molecule has 0 bridgehead atoms. The summed E-state index contributed by atoms with van der Waals surface area (Å²) in [5, 5.41) is 10.6. The van der Waals surface area contributed by atoms with Gasteiger partial charge in [0.05, 0.1) is 10.5 Å². The van der Waals surface area contributed by atoms with E-state index < -0.39 is 27.7 Å². The fourth-order valence-electron chi connectivity index (χ4n) is 2.78. The van der Waals surface area contributed by atoms with Gasteiger partial charge in [-0.15, -0.1) is 0 Å². The molecule has 0 heterocycles. The molecule has 0 fully saturated rings. The first-order valence-corrected chi connectivity index (χ1v) is 9.98. The highest BCUT2D eigenvalue weighted by molar-refractivity contribution is 7.90. The molecule has 0 aliphatic heterocycles. The lowest BCUT2D eigenvalue weighted by Gasteiger charge is -2.16. The Morgan fingerprint density at radius 2 is 1.74 bits per heavy atom. The number of carbonyl (C=O) groups is 1. The highest BCUT2D eigenvalue weighted by Crippen LogP contribution is 2.32. The molecule has 3 aromatic carbocycles. The van der Waals surface area contributed by atoms with Crippen LogP contribution in [0.5, 0.6) is 5.75 Å². The molecule has 27 heavy (non-hydrogen) atoms. The first-order valence-electron chi connectivity index (χ1n) is 8.08. The molecule has 0 spiro atoms. The lowest BCUT2D eigenvalue weighted by Crippen LogP contribution is -2.13. The summed E-state index contributed by atoms with van der Waals surface area (Å²) < 4.78 is 42.1. The monoisotopic (exact) mass is 388 g/mol. The maximum Gasteiger partial charge on any atom is 0.197 e. The van der Waals surface area contributed by atoms with Gasteiger partial charge >= 0.3 is 0 Å². The van der Waals surface area contributed by atoms with Crippen molar-refractivity contribution in [2.24, 2.45) is 0 Å². The van der Waals surface area contributed by atoms with Crippen LogP contribution in [0.25, 0.3) is 10.8 Å². The van der Waals surface area contributed by atoms with Crippen LogP contribution in [0.4, 0.5) is 4.39 Å². The smallest absolute Gasteiger partial charge is 0.197 e. The van der Waals surface area contributed by atoms with Crippen LogP contribution >= 0.6 is 0 Å². The number of sulfone groups is 1. The van der Waals surface area contributed by atoms with Gasteiger partial charge in [0.1, 0.15) is 11.6 Å². The summed E-state index contributed by atoms with van der Waals surface area (Å²) in [5.74, 6) is -0.745. The van der Waals surface area contributed by atoms with Crippen LogP contribution in [0.1, 0.15) is 22.8 Å². The van der Waals surface area contributed by atoms with Crippen molar-refractivity contribution in [3.05, 3.63) is 71.5 Å². The maximum absolute atomic E-state index is 13.2. The molecule has 0 aromatic heterocycles. The fraction of sp³-hybridized carbons (Fsp3) is 0.150. The molecular weight excluding hydrogens is 371 g/mol. The van der Waals surface area contributed by atoms with Gasteiger partial charge in [0.25, 0.3) is 0 Å². The number of rotatable bonds is 5. The number of ketones is 1. The van der Waals surface area contributed by atoms with Crippen LogP contribution in [0.2, 0.25) is 0 Å². The lowest BCUT2D eigenvalue weighted by molar-refractivity contribution is -0.000599. The topological polar surface area (TPSA) is 80.7 Å². The van der Waals surface area contributed by atoms with E-state index in [1.807, 2.05) is 0 Å². The van der Waals surface area contributed by atoms with E-state index in [0.29, 0.717) is 10.8 Å². The van der Waals surface area contributed by atoms with Gasteiger partial charge in [0, 0.05) is 11.8 Å². The number of halogens is 1. The number of aliphatic hydroxyl groups excluding tert-OH is 1. The number of benzene rings is 3. The zero-order valence-corrected chi connectivity index (χ0v) is 15.5. The zero-order chi connectivity index (χ0) is 19.8. The van der Waals surface area contributed by atoms with Gasteiger partial charge in [0.2, 0.25) is 0 Å². The lowest BCUT2D eigenvalue weighted by atomic mass is 9.96. The van der Waals surface area contributed by atoms with Crippen molar-refractivity contribution in [2.75, 3.05) is 6.26 Å². The van der Waals surface area contributed by atoms with Crippen molar-refractivity contribution in [1.82, 2.24) is 0 Å². The second-order valence-electron chi connectivity index (χ2n) is 6.15. The molecule has 7 heteroatoms. The maximum atomic E-state index is 13.2. The van der Waals surface area contributed by atoms with Crippen molar-refractivity contribution in [1.29, 1.82) is 0 Å². The van der Waals surface area contributed by atoms with Gasteiger partial charge in [-0.25, -0.2) is 12.8 Å². The first kappa shape index (κ1) is 19.0. The van der Waals surface area contributed by atoms with Crippen LogP contribution < -0.4 is 4.74 Å². The molecular formula is C20H17FO5S. The molecule has 0 aliphatic carbocycles. The SMILES string of the molecule is CC(O)Oc1ccc2cc(S(C)(=O)=O)ccc2c1C(=O)c1ccc(F)cc1. The zero-order valence-electron chi connectivity index (χ0n) is 14.6. The fourth-order valence-corrected chi connectivity index (χ4v) is 3.44. The highest BCUT2D eigenvalue weighted by Gasteiger charge is 2.20. The van der Waals surface area contributed by atoms with E-state index in [4.69, 9.17) is 4.74 Å². The Labute approximate surface area is 155 Å². The van der Waals surface area contributed by atoms with E-state index >= 15 is 0 Å². The Morgan fingerprint density at radius 3 is 2.33 bits per heavy atom. The Kier molecular flexibility index (Phi) is 4.99. The van der Waals surface area contributed by atoms with Crippen molar-refractivity contribution >= 4 is 26.4 Å². The second kappa shape index (κ2) is 7.09. The molecule has 3 aromatic rings. The van der Waals surface area contributed by atoms with Gasteiger partial charge in [0.15, 0.2) is 21.9 Å². The van der Waals surface area contributed by atoms with Crippen molar-refractivity contribution in [3.8, 4) is 5.75 Å². The summed E-state index contributed by atoms with van der Waals surface area (Å²) in [7, 11) is -3.41. The molecule has 5 nitrogen and oxygen atoms in total. The van der Waals surface area contributed by atoms with Gasteiger partial charge in [-0.2, -0.15) is 0 Å². The van der Waals surface area contributed by atoms with Gasteiger partial charge in [-0.05, 0) is 60.2 Å². The third-order valence-corrected chi connectivity index (χ3v) is 5.12. The third kappa shape index (κ3) is 3.99. The molecule has 0 saturated carbocycles. The van der Waals surface area contributed by atoms with Crippen LogP contribution in [0, 0.1) is 5.82 Å². The number of hydrogen-bond acceptors (Lipinski definition) is 5. The van der Waals surface area contributed by atoms with Gasteiger partial charge in [-0.3, -0.25) is 4.79 Å². The summed E-state index contributed by atoms with van der Waals surface area (Å²) in [5.41, 5.74) is 0.409. The first-order chi connectivity index (χ1) is 12.7. The molecule has 1 N–H and O–H groups in total. The summed E-state index contributed by atoms with van der Waals surface area (Å²) >= 11 is 0. The van der Waals surface area contributed by atoms with Crippen molar-refractivity contribution < 1.29 is 27.4 Å². The number of ether oxygens (including phenoxy) is 1. The predicted octanol–water partition coefficient (Wildman–Crippen LogP) is 3.33. The molecule has 1 unspecified atom stereocenters. The van der Waals surface area contributed by atoms with Crippen LogP contribution in [-0.2, 0) is 9.84 Å². The number of carbonyl (C=O) groups excluding carboxylic acids is 1. The van der Waals surface area contributed by atoms with Crippen LogP contribution in [-0.4, -0.2) is 31.9 Å². The molecule has 0 amide bonds. The van der Waals surface area contributed by atoms with E-state index in [1.54, 1.807) is 6.07 Å². The summed E-state index contributed by atoms with van der Waals surface area (Å²) in [6.07, 6.45) is -0.0542. The van der Waals surface area contributed by atoms with Crippen LogP contribution in [0.3, 0.4) is 0 Å². The molecule has 3 rings (SSSR count). The molecule has 0 saturated heterocycles. The largest absolute Gasteiger partial charge is 0.465 e. The highest BCUT2D eigenvalue weighted by atomic mass is 32.2. The molecule has 0 radical (unpaired) electrons. The average molecular weight is 388 g/mol. The second-order valence-corrected chi connectivity index (χ2v) is 8.16. The Morgan fingerprint density at radius 1 is 1.07 bits per heavy atom. The quantitative estimate of drug-likeness (QED) is 0.536. The van der Waals surface area contributed by atoms with Gasteiger partial charge in [-0.1, -0.05) is 12.1 Å². The van der Waals surface area contributed by atoms with E-state index in [1.165, 1.54) is 55.5 Å². The normalized spacial score (nSPS) is 12.7. The Hall–Kier alpha value is -2.77. The summed E-state index contributed by atoms with van der Waals surface area (Å²) in [4.78, 5) is 13.2. The molecule has 140 valence electrons. The standard InChI is InChI=1S/C20H17FO5S/c1-12(22)26-18-10-5-14-11-16(27(2,24)25)8-9-17(14)19(18)20(23)13-3-6-15(21)7-4-13/h3-12,22H,1-2H3. The minimum Gasteiger partial charge on any atom is -0.465 e. The van der Waals surface area contributed by atoms with E-state index in [2.05, 4.69) is 0 Å². The summed E-state index contributed by atoms with van der Waals surface area (Å²) in [6.45, 7) is 1.41. The number of fused-ring (bicyclic) bond motifs is 1. The molecule has 0 aliphatic rings. The van der Waals surface area contributed by atoms with Crippen molar-refractivity contribution in [2.45, 2.75) is 18.1 Å². The average Bonchev–Trinajstić information content (AvgIpc) is 2.60. The predicted molar refractivity (Wildman–Crippen MR) is 99.2 cm³/mol.